The fourth-order valence-corrected chi connectivity index (χ4v) is 11.7. The fraction of sp³-hybridized carbons (Fsp3) is 0.311. The number of anilines is 2. The van der Waals surface area contributed by atoms with E-state index in [0.29, 0.717) is 11.8 Å². The SMILES string of the molecule is CC.CCNc1ccc(-c2ccc3ncc4c(c3c2)n(-c2ccc(C3CCN(S(C)=O)CC3)cc2)c(=O)n4C)cn1.CCNc1ccc(-c2ccc3ncc4c(c3c2)n(-c2ccc(C3CCNCC3)cc2)c(=O)n4C)cn1. The maximum atomic E-state index is 13.5. The Morgan fingerprint density at radius 2 is 0.961 bits per heavy atom. The van der Waals surface area contributed by atoms with E-state index >= 15 is 0 Å². The van der Waals surface area contributed by atoms with Crippen LogP contribution in [0.25, 0.3) is 77.5 Å². The molecule has 0 spiro atoms. The summed E-state index contributed by atoms with van der Waals surface area (Å²) in [5, 5.41) is 11.8. The third kappa shape index (κ3) is 10.6. The second-order valence-corrected chi connectivity index (χ2v) is 20.9. The maximum Gasteiger partial charge on any atom is 0.333 e. The van der Waals surface area contributed by atoms with E-state index in [9.17, 15) is 13.8 Å². The van der Waals surface area contributed by atoms with E-state index in [1.165, 1.54) is 11.1 Å². The number of nitrogens with zero attached hydrogens (tertiary/aromatic N) is 9. The Morgan fingerprint density at radius 3 is 1.35 bits per heavy atom. The van der Waals surface area contributed by atoms with Crippen LogP contribution in [-0.4, -0.2) is 92.2 Å². The number of benzene rings is 4. The molecule has 77 heavy (non-hydrogen) atoms. The molecular formula is C61H68N12O3S. The van der Waals surface area contributed by atoms with Crippen LogP contribution in [-0.2, 0) is 25.1 Å². The largest absolute Gasteiger partial charge is 0.370 e. The highest BCUT2D eigenvalue weighted by molar-refractivity contribution is 7.81. The van der Waals surface area contributed by atoms with Gasteiger partial charge in [0, 0.05) is 80.8 Å². The molecule has 0 saturated carbocycles. The molecule has 0 radical (unpaired) electrons. The number of fused-ring (bicyclic) bond motifs is 6. The molecule has 6 aromatic heterocycles. The monoisotopic (exact) mass is 1050 g/mol. The predicted octanol–water partition coefficient (Wildman–Crippen LogP) is 10.7. The van der Waals surface area contributed by atoms with Gasteiger partial charge in [0.25, 0.3) is 0 Å². The summed E-state index contributed by atoms with van der Waals surface area (Å²) in [5.41, 5.74) is 13.2. The van der Waals surface area contributed by atoms with E-state index in [0.717, 1.165) is 154 Å². The molecule has 15 nitrogen and oxygen atoms in total. The number of hydrogen-bond donors (Lipinski definition) is 3. The first kappa shape index (κ1) is 52.6. The zero-order chi connectivity index (χ0) is 53.7. The first-order valence-corrected chi connectivity index (χ1v) is 28.5. The molecular weight excluding hydrogens is 981 g/mol. The Morgan fingerprint density at radius 1 is 0.545 bits per heavy atom. The topological polar surface area (TPSA) is 162 Å². The van der Waals surface area contributed by atoms with Crippen molar-refractivity contribution in [3.05, 3.63) is 166 Å². The van der Waals surface area contributed by atoms with Crippen LogP contribution >= 0.6 is 0 Å². The molecule has 2 aliphatic heterocycles. The summed E-state index contributed by atoms with van der Waals surface area (Å²) in [5.74, 6) is 2.71. The lowest BCUT2D eigenvalue weighted by Gasteiger charge is -2.30. The van der Waals surface area contributed by atoms with E-state index in [-0.39, 0.29) is 11.4 Å². The lowest BCUT2D eigenvalue weighted by Crippen LogP contribution is -2.33. The van der Waals surface area contributed by atoms with Gasteiger partial charge in [0.15, 0.2) is 0 Å². The Balaban J connectivity index is 0.000000170. The van der Waals surface area contributed by atoms with Crippen LogP contribution < -0.4 is 27.3 Å². The second kappa shape index (κ2) is 23.2. The number of hydrogen-bond acceptors (Lipinski definition) is 10. The number of nitrogens with one attached hydrogen (secondary N) is 3. The summed E-state index contributed by atoms with van der Waals surface area (Å²) in [6.07, 6.45) is 13.3. The fourth-order valence-electron chi connectivity index (χ4n) is 10.9. The van der Waals surface area contributed by atoms with Crippen molar-refractivity contribution in [1.82, 2.24) is 47.8 Å². The van der Waals surface area contributed by atoms with Crippen molar-refractivity contribution < 1.29 is 4.21 Å². The molecule has 396 valence electrons. The third-order valence-electron chi connectivity index (χ3n) is 15.1. The zero-order valence-corrected chi connectivity index (χ0v) is 45.9. The third-order valence-corrected chi connectivity index (χ3v) is 16.2. The minimum absolute atomic E-state index is 0.0732. The molecule has 1 unspecified atom stereocenters. The molecule has 2 fully saturated rings. The Bertz CT molecular complexity index is 3830. The summed E-state index contributed by atoms with van der Waals surface area (Å²) in [6.45, 7) is 13.5. The lowest BCUT2D eigenvalue weighted by atomic mass is 9.90. The zero-order valence-electron chi connectivity index (χ0n) is 45.1. The summed E-state index contributed by atoms with van der Waals surface area (Å²) in [6, 6.07) is 37.3. The number of pyridine rings is 4. The number of piperidine rings is 2. The molecule has 10 aromatic rings. The summed E-state index contributed by atoms with van der Waals surface area (Å²) in [4.78, 5) is 45.3. The Labute approximate surface area is 451 Å². The van der Waals surface area contributed by atoms with Crippen LogP contribution in [0.2, 0.25) is 0 Å². The normalized spacial score (nSPS) is 14.8. The van der Waals surface area contributed by atoms with Crippen LogP contribution in [0.4, 0.5) is 11.6 Å². The van der Waals surface area contributed by atoms with E-state index in [1.54, 1.807) is 39.4 Å². The van der Waals surface area contributed by atoms with E-state index in [2.05, 4.69) is 110 Å². The van der Waals surface area contributed by atoms with Crippen molar-refractivity contribution in [3.63, 3.8) is 0 Å². The highest BCUT2D eigenvalue weighted by Crippen LogP contribution is 2.34. The Kier molecular flexibility index (Phi) is 15.9. The van der Waals surface area contributed by atoms with Gasteiger partial charge in [0.05, 0.1) is 67.9 Å². The number of aryl methyl sites for hydroxylation is 2. The Hall–Kier alpha value is -7.79. The van der Waals surface area contributed by atoms with E-state index in [1.807, 2.05) is 91.5 Å². The highest BCUT2D eigenvalue weighted by atomic mass is 32.2. The number of aromatic nitrogens is 8. The molecule has 0 amide bonds. The summed E-state index contributed by atoms with van der Waals surface area (Å²) < 4.78 is 20.8. The molecule has 2 aliphatic rings. The van der Waals surface area contributed by atoms with Crippen molar-refractivity contribution in [2.45, 2.75) is 65.2 Å². The molecule has 3 N–H and O–H groups in total. The lowest BCUT2D eigenvalue weighted by molar-refractivity contribution is 0.335. The summed E-state index contributed by atoms with van der Waals surface area (Å²) >= 11 is 0. The van der Waals surface area contributed by atoms with E-state index in [4.69, 9.17) is 0 Å². The number of imidazole rings is 2. The van der Waals surface area contributed by atoms with Crippen molar-refractivity contribution in [2.24, 2.45) is 14.1 Å². The van der Waals surface area contributed by atoms with Gasteiger partial charge in [-0.1, -0.05) is 50.2 Å². The molecule has 12 rings (SSSR count). The minimum Gasteiger partial charge on any atom is -0.370 e. The molecule has 0 bridgehead atoms. The molecule has 2 saturated heterocycles. The molecule has 1 atom stereocenters. The van der Waals surface area contributed by atoms with Crippen LogP contribution in [0.5, 0.6) is 0 Å². The predicted molar refractivity (Wildman–Crippen MR) is 316 cm³/mol. The highest BCUT2D eigenvalue weighted by Gasteiger charge is 2.24. The minimum atomic E-state index is -0.912. The first-order chi connectivity index (χ1) is 37.6. The smallest absolute Gasteiger partial charge is 0.333 e. The standard InChI is InChI=1S/C30H32N6O2S.C29H30N6O.C2H6/c1-4-31-28-12-8-23(18-33-28)22-7-11-26-25(17-22)29-27(19-32-26)34(2)30(37)36(29)24-9-5-20(6-10-24)21-13-15-35(16-14-21)39(3)38;1-3-31-27-11-7-22(17-33-27)21-6-10-25-24(16-21)28-26(18-32-25)34(2)29(36)35(28)23-8-4-19(5-9-23)20-12-14-30-15-13-20;1-2/h5-12,17-19,21H,4,13-16H2,1-3H3,(H,31,33);4-11,16-18,20,30H,3,12-15H2,1-2H3,(H,31,33);1-2H3. The van der Waals surface area contributed by atoms with Gasteiger partial charge in [-0.05, 0) is 160 Å². The van der Waals surface area contributed by atoms with Crippen molar-refractivity contribution >= 4 is 66.5 Å². The molecule has 4 aromatic carbocycles. The van der Waals surface area contributed by atoms with Gasteiger partial charge in [0.2, 0.25) is 0 Å². The quantitative estimate of drug-likeness (QED) is 0.114. The van der Waals surface area contributed by atoms with Gasteiger partial charge in [-0.2, -0.15) is 0 Å². The molecule has 0 aliphatic carbocycles. The van der Waals surface area contributed by atoms with E-state index < -0.39 is 11.0 Å². The van der Waals surface area contributed by atoms with Crippen LogP contribution in [0.3, 0.4) is 0 Å². The number of rotatable bonds is 11. The van der Waals surface area contributed by atoms with Crippen molar-refractivity contribution in [2.75, 3.05) is 56.2 Å². The average molecular weight is 1050 g/mol. The van der Waals surface area contributed by atoms with Gasteiger partial charge in [0.1, 0.15) is 11.6 Å². The second-order valence-electron chi connectivity index (χ2n) is 19.6. The van der Waals surface area contributed by atoms with Gasteiger partial charge in [-0.15, -0.1) is 0 Å². The first-order valence-electron chi connectivity index (χ1n) is 27.0. The van der Waals surface area contributed by atoms with Crippen LogP contribution in [0.15, 0.2) is 144 Å². The van der Waals surface area contributed by atoms with Crippen LogP contribution in [0, 0.1) is 0 Å². The van der Waals surface area contributed by atoms with Crippen molar-refractivity contribution in [3.8, 4) is 33.6 Å². The van der Waals surface area contributed by atoms with Gasteiger partial charge in [-0.3, -0.25) is 28.2 Å². The van der Waals surface area contributed by atoms with Gasteiger partial charge in [-0.25, -0.2) is 28.1 Å². The average Bonchev–Trinajstić information content (AvgIpc) is 4.03. The van der Waals surface area contributed by atoms with Crippen LogP contribution in [0.1, 0.15) is 76.3 Å². The summed E-state index contributed by atoms with van der Waals surface area (Å²) in [7, 11) is 2.69. The van der Waals surface area contributed by atoms with Gasteiger partial charge >= 0.3 is 11.4 Å². The maximum absolute atomic E-state index is 13.5. The molecule has 16 heteroatoms. The molecule has 8 heterocycles. The van der Waals surface area contributed by atoms with Crippen molar-refractivity contribution in [1.29, 1.82) is 0 Å². The van der Waals surface area contributed by atoms with Gasteiger partial charge < -0.3 is 16.0 Å².